The minimum absolute atomic E-state index is 0.0454. The SMILES string of the molecule is Cc1cc(N2CCN(C(=O)NCc3ccn[nH]3)CC2)nc(C(C)C)n1. The number of carbonyl (C=O) groups excluding carboxylic acids is 1. The molecule has 134 valence electrons. The molecule has 2 aromatic rings. The molecule has 25 heavy (non-hydrogen) atoms. The van der Waals surface area contributed by atoms with E-state index in [0.29, 0.717) is 25.6 Å². The number of urea groups is 1. The fraction of sp³-hybridized carbons (Fsp3) is 0.529. The number of nitrogens with zero attached hydrogens (tertiary/aromatic N) is 5. The van der Waals surface area contributed by atoms with Crippen LogP contribution in [0.3, 0.4) is 0 Å². The molecule has 1 aliphatic heterocycles. The lowest BCUT2D eigenvalue weighted by Crippen LogP contribution is -2.52. The lowest BCUT2D eigenvalue weighted by molar-refractivity contribution is 0.193. The largest absolute Gasteiger partial charge is 0.353 e. The van der Waals surface area contributed by atoms with E-state index in [1.165, 1.54) is 0 Å². The first-order chi connectivity index (χ1) is 12.0. The van der Waals surface area contributed by atoms with Crippen LogP contribution < -0.4 is 10.2 Å². The molecule has 2 amide bonds. The monoisotopic (exact) mass is 343 g/mol. The van der Waals surface area contributed by atoms with Gasteiger partial charge in [0.05, 0.1) is 12.2 Å². The molecule has 0 aliphatic carbocycles. The van der Waals surface area contributed by atoms with E-state index in [0.717, 1.165) is 36.1 Å². The smallest absolute Gasteiger partial charge is 0.317 e. The fourth-order valence-electron chi connectivity index (χ4n) is 2.80. The van der Waals surface area contributed by atoms with Gasteiger partial charge in [-0.15, -0.1) is 0 Å². The topological polar surface area (TPSA) is 90.0 Å². The Labute approximate surface area is 147 Å². The van der Waals surface area contributed by atoms with E-state index in [2.05, 4.69) is 44.2 Å². The van der Waals surface area contributed by atoms with Crippen LogP contribution in [-0.4, -0.2) is 57.3 Å². The molecule has 0 saturated carbocycles. The van der Waals surface area contributed by atoms with E-state index in [1.807, 2.05) is 24.0 Å². The molecule has 0 aromatic carbocycles. The highest BCUT2D eigenvalue weighted by Crippen LogP contribution is 2.18. The summed E-state index contributed by atoms with van der Waals surface area (Å²) in [5.41, 5.74) is 1.87. The van der Waals surface area contributed by atoms with Gasteiger partial charge in [-0.2, -0.15) is 5.10 Å². The molecule has 1 aliphatic rings. The van der Waals surface area contributed by atoms with Gasteiger partial charge in [-0.1, -0.05) is 13.8 Å². The highest BCUT2D eigenvalue weighted by Gasteiger charge is 2.22. The highest BCUT2D eigenvalue weighted by molar-refractivity contribution is 5.74. The van der Waals surface area contributed by atoms with E-state index in [1.54, 1.807) is 6.20 Å². The van der Waals surface area contributed by atoms with Gasteiger partial charge in [-0.25, -0.2) is 14.8 Å². The maximum absolute atomic E-state index is 12.3. The second-order valence-corrected chi connectivity index (χ2v) is 6.60. The summed E-state index contributed by atoms with van der Waals surface area (Å²) in [4.78, 5) is 25.5. The van der Waals surface area contributed by atoms with Gasteiger partial charge in [0.25, 0.3) is 0 Å². The fourth-order valence-corrected chi connectivity index (χ4v) is 2.80. The Balaban J connectivity index is 1.55. The molecule has 8 nitrogen and oxygen atoms in total. The van der Waals surface area contributed by atoms with Crippen LogP contribution in [0.1, 0.15) is 37.0 Å². The van der Waals surface area contributed by atoms with Gasteiger partial charge in [-0.3, -0.25) is 5.10 Å². The number of carbonyl (C=O) groups is 1. The van der Waals surface area contributed by atoms with Gasteiger partial charge in [0.15, 0.2) is 0 Å². The van der Waals surface area contributed by atoms with Crippen molar-refractivity contribution in [3.05, 3.63) is 35.5 Å². The zero-order valence-electron chi connectivity index (χ0n) is 15.0. The molecule has 0 spiro atoms. The molecule has 3 heterocycles. The summed E-state index contributed by atoms with van der Waals surface area (Å²) in [5.74, 6) is 2.12. The van der Waals surface area contributed by atoms with Gasteiger partial charge in [0.2, 0.25) is 0 Å². The molecule has 2 N–H and O–H groups in total. The lowest BCUT2D eigenvalue weighted by atomic mass is 10.2. The van der Waals surface area contributed by atoms with Crippen LogP contribution in [0, 0.1) is 6.92 Å². The second-order valence-electron chi connectivity index (χ2n) is 6.60. The molecule has 0 radical (unpaired) electrons. The van der Waals surface area contributed by atoms with Crippen LogP contribution >= 0.6 is 0 Å². The molecule has 1 saturated heterocycles. The van der Waals surface area contributed by atoms with Crippen molar-refractivity contribution in [3.8, 4) is 0 Å². The first-order valence-corrected chi connectivity index (χ1v) is 8.64. The number of amides is 2. The van der Waals surface area contributed by atoms with Crippen LogP contribution in [0.25, 0.3) is 0 Å². The van der Waals surface area contributed by atoms with Gasteiger partial charge in [0.1, 0.15) is 11.6 Å². The van der Waals surface area contributed by atoms with Crippen molar-refractivity contribution in [1.29, 1.82) is 0 Å². The zero-order valence-corrected chi connectivity index (χ0v) is 15.0. The highest BCUT2D eigenvalue weighted by atomic mass is 16.2. The number of nitrogens with one attached hydrogen (secondary N) is 2. The van der Waals surface area contributed by atoms with E-state index >= 15 is 0 Å². The summed E-state index contributed by atoms with van der Waals surface area (Å²) in [7, 11) is 0. The van der Waals surface area contributed by atoms with Gasteiger partial charge in [0, 0.05) is 50.1 Å². The standard InChI is InChI=1S/C17H25N7O/c1-12(2)16-20-13(3)10-15(21-16)23-6-8-24(9-7-23)17(25)18-11-14-4-5-19-22-14/h4-5,10,12H,6-9,11H2,1-3H3,(H,18,25)(H,19,22). The number of H-pyrrole nitrogens is 1. The van der Waals surface area contributed by atoms with Crippen molar-refractivity contribution in [3.63, 3.8) is 0 Å². The molecule has 3 rings (SSSR count). The Morgan fingerprint density at radius 2 is 2.04 bits per heavy atom. The number of aromatic amines is 1. The van der Waals surface area contributed by atoms with Crippen molar-refractivity contribution in [2.24, 2.45) is 0 Å². The van der Waals surface area contributed by atoms with Crippen molar-refractivity contribution >= 4 is 11.8 Å². The number of anilines is 1. The number of rotatable bonds is 4. The number of hydrogen-bond acceptors (Lipinski definition) is 5. The molecular formula is C17H25N7O. The third-order valence-electron chi connectivity index (χ3n) is 4.25. The predicted molar refractivity (Wildman–Crippen MR) is 95.5 cm³/mol. The van der Waals surface area contributed by atoms with Gasteiger partial charge < -0.3 is 15.1 Å². The summed E-state index contributed by atoms with van der Waals surface area (Å²) in [5, 5.41) is 9.63. The number of piperazine rings is 1. The van der Waals surface area contributed by atoms with Gasteiger partial charge >= 0.3 is 6.03 Å². The number of aromatic nitrogens is 4. The minimum atomic E-state index is -0.0454. The van der Waals surface area contributed by atoms with Crippen LogP contribution in [0.2, 0.25) is 0 Å². The molecule has 0 atom stereocenters. The Hall–Kier alpha value is -2.64. The first kappa shape index (κ1) is 17.2. The summed E-state index contributed by atoms with van der Waals surface area (Å²) < 4.78 is 0. The van der Waals surface area contributed by atoms with Crippen LogP contribution in [0.15, 0.2) is 18.3 Å². The van der Waals surface area contributed by atoms with Crippen molar-refractivity contribution in [2.45, 2.75) is 33.2 Å². The lowest BCUT2D eigenvalue weighted by Gasteiger charge is -2.35. The van der Waals surface area contributed by atoms with Crippen molar-refractivity contribution in [1.82, 2.24) is 30.4 Å². The van der Waals surface area contributed by atoms with E-state index in [4.69, 9.17) is 0 Å². The third kappa shape index (κ3) is 4.26. The summed E-state index contributed by atoms with van der Waals surface area (Å²) in [6, 6.07) is 3.82. The third-order valence-corrected chi connectivity index (χ3v) is 4.25. The second kappa shape index (κ2) is 7.50. The number of hydrogen-bond donors (Lipinski definition) is 2. The zero-order chi connectivity index (χ0) is 17.8. The Bertz CT molecular complexity index is 706. The molecule has 0 unspecified atom stereocenters. The average molecular weight is 343 g/mol. The van der Waals surface area contributed by atoms with Crippen LogP contribution in [0.5, 0.6) is 0 Å². The summed E-state index contributed by atoms with van der Waals surface area (Å²) >= 11 is 0. The van der Waals surface area contributed by atoms with Gasteiger partial charge in [-0.05, 0) is 13.0 Å². The normalized spacial score (nSPS) is 14.9. The quantitative estimate of drug-likeness (QED) is 0.881. The Kier molecular flexibility index (Phi) is 5.16. The van der Waals surface area contributed by atoms with Crippen LogP contribution in [0.4, 0.5) is 10.6 Å². The molecule has 0 bridgehead atoms. The van der Waals surface area contributed by atoms with Crippen molar-refractivity contribution < 1.29 is 4.79 Å². The molecule has 1 fully saturated rings. The Morgan fingerprint density at radius 1 is 1.28 bits per heavy atom. The van der Waals surface area contributed by atoms with E-state index in [-0.39, 0.29) is 6.03 Å². The molecule has 8 heteroatoms. The predicted octanol–water partition coefficient (Wildman–Crippen LogP) is 1.66. The minimum Gasteiger partial charge on any atom is -0.353 e. The summed E-state index contributed by atoms with van der Waals surface area (Å²) in [6.07, 6.45) is 1.68. The van der Waals surface area contributed by atoms with E-state index in [9.17, 15) is 4.79 Å². The maximum Gasteiger partial charge on any atom is 0.317 e. The van der Waals surface area contributed by atoms with Crippen LogP contribution in [-0.2, 0) is 6.54 Å². The molecule has 2 aromatic heterocycles. The van der Waals surface area contributed by atoms with Crippen molar-refractivity contribution in [2.75, 3.05) is 31.1 Å². The van der Waals surface area contributed by atoms with E-state index < -0.39 is 0 Å². The average Bonchev–Trinajstić information content (AvgIpc) is 3.13. The Morgan fingerprint density at radius 3 is 2.68 bits per heavy atom. The summed E-state index contributed by atoms with van der Waals surface area (Å²) in [6.45, 7) is 9.54. The number of aryl methyl sites for hydroxylation is 1. The first-order valence-electron chi connectivity index (χ1n) is 8.64. The maximum atomic E-state index is 12.3. The molecular weight excluding hydrogens is 318 g/mol.